The van der Waals surface area contributed by atoms with Gasteiger partial charge in [-0.25, -0.2) is 19.9 Å². The number of hydrogen-bond donors (Lipinski definition) is 0. The zero-order valence-corrected chi connectivity index (χ0v) is 25.8. The molecular formula is C40H24N6S. The van der Waals surface area contributed by atoms with Crippen molar-refractivity contribution in [2.24, 2.45) is 0 Å². The van der Waals surface area contributed by atoms with Gasteiger partial charge in [0.15, 0.2) is 17.5 Å². The average Bonchev–Trinajstić information content (AvgIpc) is 3.53. The summed E-state index contributed by atoms with van der Waals surface area (Å²) in [6.07, 6.45) is 3.74. The van der Waals surface area contributed by atoms with Crippen molar-refractivity contribution in [2.75, 3.05) is 0 Å². The summed E-state index contributed by atoms with van der Waals surface area (Å²) in [6.45, 7) is 0. The van der Waals surface area contributed by atoms with Crippen LogP contribution in [0.1, 0.15) is 0 Å². The molecule has 47 heavy (non-hydrogen) atoms. The highest BCUT2D eigenvalue weighted by molar-refractivity contribution is 7.25. The molecule has 0 fully saturated rings. The van der Waals surface area contributed by atoms with Gasteiger partial charge in [0.05, 0.1) is 27.1 Å². The van der Waals surface area contributed by atoms with Crippen molar-refractivity contribution in [1.29, 1.82) is 0 Å². The van der Waals surface area contributed by atoms with Crippen LogP contribution in [-0.4, -0.2) is 29.9 Å². The van der Waals surface area contributed by atoms with Gasteiger partial charge in [-0.2, -0.15) is 0 Å². The van der Waals surface area contributed by atoms with E-state index in [2.05, 4.69) is 65.6 Å². The van der Waals surface area contributed by atoms with Crippen LogP contribution in [0.15, 0.2) is 146 Å². The normalized spacial score (nSPS) is 11.4. The number of pyridine rings is 3. The lowest BCUT2D eigenvalue weighted by Gasteiger charge is -2.09. The molecule has 0 spiro atoms. The highest BCUT2D eigenvalue weighted by Gasteiger charge is 2.13. The van der Waals surface area contributed by atoms with E-state index in [0.717, 1.165) is 70.4 Å². The topological polar surface area (TPSA) is 77.3 Å². The van der Waals surface area contributed by atoms with Crippen molar-refractivity contribution in [3.05, 3.63) is 146 Å². The Labute approximate surface area is 274 Å². The van der Waals surface area contributed by atoms with Crippen LogP contribution in [0.3, 0.4) is 0 Å². The molecule has 9 aromatic rings. The minimum atomic E-state index is 0.632. The fourth-order valence-electron chi connectivity index (χ4n) is 5.82. The zero-order valence-electron chi connectivity index (χ0n) is 24.9. The van der Waals surface area contributed by atoms with Crippen LogP contribution < -0.4 is 0 Å². The average molecular weight is 621 g/mol. The summed E-state index contributed by atoms with van der Waals surface area (Å²) in [6, 6.07) is 45.1. The summed E-state index contributed by atoms with van der Waals surface area (Å²) in [5, 5.41) is 2.15. The highest BCUT2D eigenvalue weighted by Crippen LogP contribution is 2.34. The Kier molecular flexibility index (Phi) is 6.54. The molecule has 0 bridgehead atoms. The van der Waals surface area contributed by atoms with Gasteiger partial charge in [0.2, 0.25) is 0 Å². The van der Waals surface area contributed by atoms with Crippen molar-refractivity contribution in [3.63, 3.8) is 0 Å². The minimum Gasteiger partial charge on any atom is -0.255 e. The number of fused-ring (bicyclic) bond motifs is 4. The number of benzene rings is 4. The van der Waals surface area contributed by atoms with Crippen LogP contribution >= 0.6 is 11.3 Å². The predicted octanol–water partition coefficient (Wildman–Crippen LogP) is 9.91. The van der Waals surface area contributed by atoms with Crippen LogP contribution in [0.2, 0.25) is 0 Å². The van der Waals surface area contributed by atoms with Crippen LogP contribution in [0.5, 0.6) is 0 Å². The molecule has 9 rings (SSSR count). The third-order valence-corrected chi connectivity index (χ3v) is 9.35. The summed E-state index contributed by atoms with van der Waals surface area (Å²) in [5.41, 5.74) is 8.59. The molecule has 7 heteroatoms. The highest BCUT2D eigenvalue weighted by atomic mass is 32.1. The van der Waals surface area contributed by atoms with E-state index in [0.29, 0.717) is 17.5 Å². The Morgan fingerprint density at radius 1 is 0.426 bits per heavy atom. The van der Waals surface area contributed by atoms with Gasteiger partial charge < -0.3 is 0 Å². The predicted molar refractivity (Wildman–Crippen MR) is 191 cm³/mol. The Morgan fingerprint density at radius 3 is 1.74 bits per heavy atom. The van der Waals surface area contributed by atoms with Gasteiger partial charge in [-0.05, 0) is 41.5 Å². The smallest absolute Gasteiger partial charge is 0.164 e. The van der Waals surface area contributed by atoms with Gasteiger partial charge in [0.1, 0.15) is 0 Å². The third-order valence-electron chi connectivity index (χ3n) is 8.24. The van der Waals surface area contributed by atoms with Gasteiger partial charge in [-0.3, -0.25) is 9.97 Å². The second-order valence-electron chi connectivity index (χ2n) is 11.2. The first-order valence-electron chi connectivity index (χ1n) is 15.3. The first-order valence-corrected chi connectivity index (χ1v) is 16.1. The van der Waals surface area contributed by atoms with Crippen molar-refractivity contribution < 1.29 is 0 Å². The molecule has 0 aliphatic carbocycles. The van der Waals surface area contributed by atoms with E-state index in [9.17, 15) is 0 Å². The Balaban J connectivity index is 1.06. The number of rotatable bonds is 5. The summed E-state index contributed by atoms with van der Waals surface area (Å²) in [4.78, 5) is 28.9. The van der Waals surface area contributed by atoms with E-state index in [1.54, 1.807) is 11.3 Å². The van der Waals surface area contributed by atoms with Crippen molar-refractivity contribution in [2.45, 2.75) is 0 Å². The molecular weight excluding hydrogens is 597 g/mol. The maximum Gasteiger partial charge on any atom is 0.164 e. The molecule has 0 saturated heterocycles. The summed E-state index contributed by atoms with van der Waals surface area (Å²) in [7, 11) is 0. The van der Waals surface area contributed by atoms with E-state index >= 15 is 0 Å². The summed E-state index contributed by atoms with van der Waals surface area (Å²) >= 11 is 1.73. The van der Waals surface area contributed by atoms with Gasteiger partial charge in [-0.1, -0.05) is 103 Å². The van der Waals surface area contributed by atoms with Crippen LogP contribution in [-0.2, 0) is 0 Å². The number of aromatic nitrogens is 6. The van der Waals surface area contributed by atoms with Crippen molar-refractivity contribution in [3.8, 4) is 56.7 Å². The molecule has 4 aromatic carbocycles. The second kappa shape index (κ2) is 11.3. The number of hydrogen-bond acceptors (Lipinski definition) is 7. The lowest BCUT2D eigenvalue weighted by Crippen LogP contribution is -2.00. The van der Waals surface area contributed by atoms with Crippen molar-refractivity contribution >= 4 is 42.5 Å². The van der Waals surface area contributed by atoms with Crippen LogP contribution in [0.25, 0.3) is 87.9 Å². The monoisotopic (exact) mass is 620 g/mol. The first-order chi connectivity index (χ1) is 23.2. The summed E-state index contributed by atoms with van der Waals surface area (Å²) in [5.74, 6) is 1.92. The van der Waals surface area contributed by atoms with Gasteiger partial charge in [-0.15, -0.1) is 11.3 Å². The molecule has 0 N–H and O–H groups in total. The molecule has 220 valence electrons. The second-order valence-corrected chi connectivity index (χ2v) is 12.3. The molecule has 0 aliphatic heterocycles. The Hall–Kier alpha value is -6.18. The van der Waals surface area contributed by atoms with E-state index < -0.39 is 0 Å². The molecule has 0 atom stereocenters. The molecule has 0 aliphatic rings. The molecule has 0 radical (unpaired) electrons. The largest absolute Gasteiger partial charge is 0.255 e. The van der Waals surface area contributed by atoms with Crippen molar-refractivity contribution in [1.82, 2.24) is 29.9 Å². The zero-order chi connectivity index (χ0) is 31.2. The standard InChI is InChI=1S/C40H24N6S/c1-3-8-27(9-4-1)38-44-39(28-10-5-2-6-11-28)46-40(45-38)29-16-13-25(14-17-29)30-18-15-26-19-20-32(43-33(26)22-30)34-23-36-31(24-42-34)37-35(47-36)12-7-21-41-37/h1-24H. The molecule has 0 saturated carbocycles. The molecule has 5 heterocycles. The van der Waals surface area contributed by atoms with Crippen LogP contribution in [0, 0.1) is 0 Å². The maximum atomic E-state index is 5.03. The molecule has 5 aromatic heterocycles. The number of thiophene rings is 1. The number of nitrogens with zero attached hydrogens (tertiary/aromatic N) is 6. The van der Waals surface area contributed by atoms with Crippen LogP contribution in [0.4, 0.5) is 0 Å². The van der Waals surface area contributed by atoms with E-state index in [-0.39, 0.29) is 0 Å². The summed E-state index contributed by atoms with van der Waals surface area (Å²) < 4.78 is 2.32. The molecule has 0 amide bonds. The fraction of sp³-hybridized carbons (Fsp3) is 0. The van der Waals surface area contributed by atoms with E-state index in [1.165, 1.54) is 0 Å². The maximum absolute atomic E-state index is 5.03. The fourth-order valence-corrected chi connectivity index (χ4v) is 6.89. The van der Waals surface area contributed by atoms with E-state index in [1.807, 2.05) is 85.2 Å². The Morgan fingerprint density at radius 2 is 1.04 bits per heavy atom. The first kappa shape index (κ1) is 27.2. The SMILES string of the molecule is c1ccc(-c2nc(-c3ccccc3)nc(-c3ccc(-c4ccc5ccc(-c6cc7sc8cccnc8c7cn6)nc5c4)cc3)n2)cc1. The Bertz CT molecular complexity index is 2510. The molecule has 6 nitrogen and oxygen atoms in total. The van der Waals surface area contributed by atoms with E-state index in [4.69, 9.17) is 24.9 Å². The quantitative estimate of drug-likeness (QED) is 0.191. The third kappa shape index (κ3) is 5.09. The lowest BCUT2D eigenvalue weighted by atomic mass is 10.0. The molecule has 0 unspecified atom stereocenters. The minimum absolute atomic E-state index is 0.632. The van der Waals surface area contributed by atoms with Gasteiger partial charge in [0.25, 0.3) is 0 Å². The lowest BCUT2D eigenvalue weighted by molar-refractivity contribution is 1.07. The van der Waals surface area contributed by atoms with Gasteiger partial charge in [0, 0.05) is 44.6 Å². The van der Waals surface area contributed by atoms with Gasteiger partial charge >= 0.3 is 0 Å².